The van der Waals surface area contributed by atoms with Gasteiger partial charge in [0.25, 0.3) is 0 Å². The fraction of sp³-hybridized carbons (Fsp3) is 0.333. The van der Waals surface area contributed by atoms with Crippen LogP contribution >= 0.6 is 0 Å². The lowest BCUT2D eigenvalue weighted by Gasteiger charge is -2.05. The summed E-state index contributed by atoms with van der Waals surface area (Å²) in [5.74, 6) is 0.534. The summed E-state index contributed by atoms with van der Waals surface area (Å²) < 4.78 is 9.92. The molecule has 0 unspecified atom stereocenters. The van der Waals surface area contributed by atoms with E-state index in [1.165, 1.54) is 7.11 Å². The highest BCUT2D eigenvalue weighted by atomic mass is 16.5. The van der Waals surface area contributed by atoms with E-state index in [1.54, 1.807) is 19.4 Å². The van der Waals surface area contributed by atoms with Crippen LogP contribution in [0.3, 0.4) is 0 Å². The van der Waals surface area contributed by atoms with Crippen LogP contribution < -0.4 is 9.47 Å². The molecule has 0 aliphatic heterocycles. The van der Waals surface area contributed by atoms with Gasteiger partial charge in [0.05, 0.1) is 14.2 Å². The Morgan fingerprint density at radius 2 is 2.23 bits per heavy atom. The van der Waals surface area contributed by atoms with E-state index in [9.17, 15) is 0 Å². The van der Waals surface area contributed by atoms with Gasteiger partial charge in [-0.15, -0.1) is 6.58 Å². The van der Waals surface area contributed by atoms with E-state index in [1.807, 2.05) is 0 Å². The number of aromatic nitrogens is 2. The molecular weight excluding hydrogens is 168 g/mol. The molecule has 1 heterocycles. The van der Waals surface area contributed by atoms with Gasteiger partial charge in [0, 0.05) is 11.8 Å². The molecule has 0 aromatic carbocycles. The zero-order valence-corrected chi connectivity index (χ0v) is 7.78. The van der Waals surface area contributed by atoms with Gasteiger partial charge in [-0.2, -0.15) is 4.98 Å². The van der Waals surface area contributed by atoms with Gasteiger partial charge in [-0.1, -0.05) is 6.08 Å². The minimum absolute atomic E-state index is 0.310. The van der Waals surface area contributed by atoms with Crippen molar-refractivity contribution >= 4 is 0 Å². The van der Waals surface area contributed by atoms with Gasteiger partial charge < -0.3 is 9.47 Å². The number of methoxy groups -OCH3 is 2. The van der Waals surface area contributed by atoms with Gasteiger partial charge in [-0.3, -0.25) is 0 Å². The summed E-state index contributed by atoms with van der Waals surface area (Å²) >= 11 is 0. The molecule has 0 aliphatic rings. The maximum Gasteiger partial charge on any atom is 0.319 e. The highest BCUT2D eigenvalue weighted by molar-refractivity contribution is 5.26. The molecule has 0 fully saturated rings. The molecule has 0 aliphatic carbocycles. The summed E-state index contributed by atoms with van der Waals surface area (Å²) in [4.78, 5) is 7.99. The Hall–Kier alpha value is -1.58. The Balaban J connectivity index is 3.00. The first-order chi connectivity index (χ1) is 6.31. The zero-order chi connectivity index (χ0) is 9.68. The topological polar surface area (TPSA) is 44.2 Å². The van der Waals surface area contributed by atoms with E-state index in [4.69, 9.17) is 9.47 Å². The third-order valence-electron chi connectivity index (χ3n) is 1.54. The monoisotopic (exact) mass is 180 g/mol. The van der Waals surface area contributed by atoms with Gasteiger partial charge in [-0.25, -0.2) is 4.98 Å². The molecule has 0 N–H and O–H groups in total. The van der Waals surface area contributed by atoms with Crippen molar-refractivity contribution in [3.05, 3.63) is 24.4 Å². The van der Waals surface area contributed by atoms with Gasteiger partial charge in [0.1, 0.15) is 0 Å². The van der Waals surface area contributed by atoms with Crippen LogP contribution in [0.15, 0.2) is 18.9 Å². The van der Waals surface area contributed by atoms with Crippen LogP contribution in [0.25, 0.3) is 0 Å². The van der Waals surface area contributed by atoms with Gasteiger partial charge in [-0.05, 0) is 6.42 Å². The highest BCUT2D eigenvalue weighted by Crippen LogP contribution is 2.17. The van der Waals surface area contributed by atoms with Crippen LogP contribution in [0, 0.1) is 0 Å². The molecule has 0 saturated heterocycles. The molecule has 0 spiro atoms. The van der Waals surface area contributed by atoms with E-state index in [0.29, 0.717) is 18.3 Å². The molecule has 13 heavy (non-hydrogen) atoms. The second kappa shape index (κ2) is 4.45. The maximum absolute atomic E-state index is 5.06. The fourth-order valence-corrected chi connectivity index (χ4v) is 0.947. The van der Waals surface area contributed by atoms with Crippen molar-refractivity contribution in [1.29, 1.82) is 0 Å². The summed E-state index contributed by atoms with van der Waals surface area (Å²) in [5, 5.41) is 0. The molecule has 70 valence electrons. The van der Waals surface area contributed by atoms with E-state index < -0.39 is 0 Å². The van der Waals surface area contributed by atoms with Crippen molar-refractivity contribution in [3.63, 3.8) is 0 Å². The second-order valence-electron chi connectivity index (χ2n) is 2.38. The smallest absolute Gasteiger partial charge is 0.319 e. The predicted molar refractivity (Wildman–Crippen MR) is 49.0 cm³/mol. The third kappa shape index (κ3) is 2.18. The third-order valence-corrected chi connectivity index (χ3v) is 1.54. The summed E-state index contributed by atoms with van der Waals surface area (Å²) in [6.45, 7) is 3.63. The van der Waals surface area contributed by atoms with Crippen molar-refractivity contribution in [3.8, 4) is 11.9 Å². The van der Waals surface area contributed by atoms with Crippen LogP contribution in [0.5, 0.6) is 11.9 Å². The molecular formula is C9H12N2O2. The van der Waals surface area contributed by atoms with Crippen molar-refractivity contribution in [2.75, 3.05) is 14.2 Å². The van der Waals surface area contributed by atoms with Gasteiger partial charge in [0.15, 0.2) is 0 Å². The van der Waals surface area contributed by atoms with Crippen molar-refractivity contribution in [2.45, 2.75) is 6.42 Å². The van der Waals surface area contributed by atoms with Crippen molar-refractivity contribution in [1.82, 2.24) is 9.97 Å². The predicted octanol–water partition coefficient (Wildman–Crippen LogP) is 1.22. The lowest BCUT2D eigenvalue weighted by atomic mass is 10.2. The first-order valence-corrected chi connectivity index (χ1v) is 3.86. The van der Waals surface area contributed by atoms with E-state index in [-0.39, 0.29) is 0 Å². The van der Waals surface area contributed by atoms with Gasteiger partial charge >= 0.3 is 6.01 Å². The standard InChI is InChI=1S/C9H12N2O2/c1-4-5-7-6-10-9(13-3)11-8(7)12-2/h4,6H,1,5H2,2-3H3. The highest BCUT2D eigenvalue weighted by Gasteiger charge is 2.05. The first kappa shape index (κ1) is 9.51. The summed E-state index contributed by atoms with van der Waals surface area (Å²) in [7, 11) is 3.08. The summed E-state index contributed by atoms with van der Waals surface area (Å²) in [6, 6.07) is 0.310. The Labute approximate surface area is 77.2 Å². The largest absolute Gasteiger partial charge is 0.481 e. The minimum atomic E-state index is 0.310. The van der Waals surface area contributed by atoms with Crippen LogP contribution in [-0.4, -0.2) is 24.2 Å². The van der Waals surface area contributed by atoms with Crippen LogP contribution in [0.4, 0.5) is 0 Å². The molecule has 0 atom stereocenters. The lowest BCUT2D eigenvalue weighted by Crippen LogP contribution is -1.99. The average Bonchev–Trinajstić information content (AvgIpc) is 2.19. The first-order valence-electron chi connectivity index (χ1n) is 3.86. The molecule has 0 radical (unpaired) electrons. The summed E-state index contributed by atoms with van der Waals surface area (Å²) in [5.41, 5.74) is 0.901. The van der Waals surface area contributed by atoms with Crippen LogP contribution in [-0.2, 0) is 6.42 Å². The molecule has 1 rings (SSSR count). The van der Waals surface area contributed by atoms with E-state index >= 15 is 0 Å². The quantitative estimate of drug-likeness (QED) is 0.653. The number of hydrogen-bond acceptors (Lipinski definition) is 4. The number of nitrogens with zero attached hydrogens (tertiary/aromatic N) is 2. The van der Waals surface area contributed by atoms with Crippen molar-refractivity contribution in [2.24, 2.45) is 0 Å². The molecule has 4 nitrogen and oxygen atoms in total. The Bertz CT molecular complexity index is 300. The number of allylic oxidation sites excluding steroid dienone is 1. The zero-order valence-electron chi connectivity index (χ0n) is 7.78. The Kier molecular flexibility index (Phi) is 3.25. The van der Waals surface area contributed by atoms with E-state index in [2.05, 4.69) is 16.5 Å². The lowest BCUT2D eigenvalue weighted by molar-refractivity contribution is 0.349. The van der Waals surface area contributed by atoms with E-state index in [0.717, 1.165) is 5.56 Å². The number of hydrogen-bond donors (Lipinski definition) is 0. The average molecular weight is 180 g/mol. The number of rotatable bonds is 4. The van der Waals surface area contributed by atoms with Gasteiger partial charge in [0.2, 0.25) is 5.88 Å². The van der Waals surface area contributed by atoms with Crippen molar-refractivity contribution < 1.29 is 9.47 Å². The maximum atomic E-state index is 5.06. The Morgan fingerprint density at radius 1 is 1.46 bits per heavy atom. The molecule has 0 saturated carbocycles. The SMILES string of the molecule is C=CCc1cnc(OC)nc1OC. The molecule has 0 bridgehead atoms. The number of ether oxygens (including phenoxy) is 2. The molecule has 1 aromatic heterocycles. The van der Waals surface area contributed by atoms with Crippen LogP contribution in [0.1, 0.15) is 5.56 Å². The fourth-order valence-electron chi connectivity index (χ4n) is 0.947. The normalized spacial score (nSPS) is 9.38. The minimum Gasteiger partial charge on any atom is -0.481 e. The molecule has 1 aromatic rings. The molecule has 0 amide bonds. The second-order valence-corrected chi connectivity index (χ2v) is 2.38. The van der Waals surface area contributed by atoms with Crippen LogP contribution in [0.2, 0.25) is 0 Å². The Morgan fingerprint density at radius 3 is 2.77 bits per heavy atom. The summed E-state index contributed by atoms with van der Waals surface area (Å²) in [6.07, 6.45) is 4.13. The molecule has 4 heteroatoms.